The Balaban J connectivity index is 2.16. The summed E-state index contributed by atoms with van der Waals surface area (Å²) >= 11 is 1.44. The third-order valence-corrected chi connectivity index (χ3v) is 3.14. The van der Waals surface area contributed by atoms with Crippen molar-refractivity contribution in [3.05, 3.63) is 46.2 Å². The van der Waals surface area contributed by atoms with Gasteiger partial charge in [0.1, 0.15) is 0 Å². The minimum atomic E-state index is -4.32. The van der Waals surface area contributed by atoms with Crippen LogP contribution in [0, 0.1) is 0 Å². The van der Waals surface area contributed by atoms with Gasteiger partial charge in [0.2, 0.25) is 0 Å². The quantitative estimate of drug-likeness (QED) is 0.843. The number of aromatic nitrogens is 2. The van der Waals surface area contributed by atoms with Crippen molar-refractivity contribution in [2.75, 3.05) is 0 Å². The van der Waals surface area contributed by atoms with E-state index in [4.69, 9.17) is 0 Å². The number of hydrogen-bond donors (Lipinski definition) is 0. The van der Waals surface area contributed by atoms with Gasteiger partial charge in [0.25, 0.3) is 0 Å². The number of aryl methyl sites for hydroxylation is 2. The van der Waals surface area contributed by atoms with E-state index >= 15 is 0 Å². The number of rotatable bonds is 3. The zero-order chi connectivity index (χ0) is 12.3. The van der Waals surface area contributed by atoms with Crippen LogP contribution < -0.4 is 0 Å². The van der Waals surface area contributed by atoms with Crippen LogP contribution in [0.3, 0.4) is 0 Å². The van der Waals surface area contributed by atoms with Crippen LogP contribution in [0.1, 0.15) is 16.1 Å². The molecule has 2 aromatic rings. The Bertz CT molecular complexity index is 480. The number of thiazole rings is 1. The molecule has 90 valence electrons. The smallest absolute Gasteiger partial charge is 0.264 e. The van der Waals surface area contributed by atoms with Gasteiger partial charge in [-0.1, -0.05) is 0 Å². The molecule has 2 rings (SSSR count). The first kappa shape index (κ1) is 12.0. The molecular formula is C11H9F3N2S. The van der Waals surface area contributed by atoms with Crippen LogP contribution >= 0.6 is 11.3 Å². The Morgan fingerprint density at radius 1 is 1.18 bits per heavy atom. The summed E-state index contributed by atoms with van der Waals surface area (Å²) in [5, 5.41) is 2.64. The van der Waals surface area contributed by atoms with E-state index in [1.165, 1.54) is 17.5 Å². The highest BCUT2D eigenvalue weighted by atomic mass is 32.1. The van der Waals surface area contributed by atoms with Crippen molar-refractivity contribution < 1.29 is 13.2 Å². The van der Waals surface area contributed by atoms with E-state index in [9.17, 15) is 13.2 Å². The predicted octanol–water partition coefficient (Wildman–Crippen LogP) is 3.34. The van der Waals surface area contributed by atoms with Gasteiger partial charge in [0, 0.05) is 30.4 Å². The Morgan fingerprint density at radius 3 is 2.65 bits per heavy atom. The summed E-state index contributed by atoms with van der Waals surface area (Å²) in [6.07, 6.45) is 0.573. The molecule has 0 unspecified atom stereocenters. The molecule has 2 heterocycles. The van der Waals surface area contributed by atoms with Gasteiger partial charge in [-0.15, -0.1) is 11.3 Å². The van der Waals surface area contributed by atoms with E-state index in [1.807, 2.05) is 5.38 Å². The molecule has 6 heteroatoms. The molecule has 0 spiro atoms. The van der Waals surface area contributed by atoms with Crippen LogP contribution in [-0.4, -0.2) is 9.97 Å². The number of pyridine rings is 1. The van der Waals surface area contributed by atoms with E-state index in [1.54, 1.807) is 6.20 Å². The van der Waals surface area contributed by atoms with E-state index in [0.29, 0.717) is 12.8 Å². The fraction of sp³-hybridized carbons (Fsp3) is 0.273. The zero-order valence-corrected chi connectivity index (χ0v) is 9.55. The summed E-state index contributed by atoms with van der Waals surface area (Å²) in [6.45, 7) is 0. The van der Waals surface area contributed by atoms with Gasteiger partial charge in [-0.25, -0.2) is 4.98 Å². The second kappa shape index (κ2) is 4.83. The van der Waals surface area contributed by atoms with Gasteiger partial charge < -0.3 is 0 Å². The van der Waals surface area contributed by atoms with Crippen molar-refractivity contribution in [3.63, 3.8) is 0 Å². The summed E-state index contributed by atoms with van der Waals surface area (Å²) in [5.41, 5.74) is -0.390. The van der Waals surface area contributed by atoms with Crippen molar-refractivity contribution >= 4 is 11.3 Å². The average molecular weight is 258 g/mol. The molecule has 0 saturated heterocycles. The third-order valence-electron chi connectivity index (χ3n) is 2.30. The van der Waals surface area contributed by atoms with Gasteiger partial charge in [-0.3, -0.25) is 4.98 Å². The Labute approximate surface area is 100 Å². The van der Waals surface area contributed by atoms with Crippen molar-refractivity contribution in [2.24, 2.45) is 0 Å². The predicted molar refractivity (Wildman–Crippen MR) is 58.8 cm³/mol. The first-order valence-corrected chi connectivity index (χ1v) is 5.84. The molecule has 0 atom stereocenters. The molecule has 0 aliphatic rings. The Morgan fingerprint density at radius 2 is 2.00 bits per heavy atom. The van der Waals surface area contributed by atoms with Crippen molar-refractivity contribution in [3.8, 4) is 0 Å². The molecular weight excluding hydrogens is 249 g/mol. The first-order chi connectivity index (χ1) is 8.07. The van der Waals surface area contributed by atoms with Crippen LogP contribution in [0.15, 0.2) is 30.0 Å². The maximum atomic E-state index is 12.7. The van der Waals surface area contributed by atoms with Crippen LogP contribution in [0.5, 0.6) is 0 Å². The molecule has 0 amide bonds. The standard InChI is InChI=1S/C11H9F3N2S/c12-11(13,14)9-3-4-15-7-8(9)1-2-10-16-5-6-17-10/h3-7H,1-2H2. The second-order valence-electron chi connectivity index (χ2n) is 3.46. The molecule has 17 heavy (non-hydrogen) atoms. The molecule has 0 saturated carbocycles. The van der Waals surface area contributed by atoms with Gasteiger partial charge >= 0.3 is 6.18 Å². The summed E-state index contributed by atoms with van der Waals surface area (Å²) in [7, 11) is 0. The maximum Gasteiger partial charge on any atom is 0.416 e. The lowest BCUT2D eigenvalue weighted by Crippen LogP contribution is -2.10. The monoisotopic (exact) mass is 258 g/mol. The Kier molecular flexibility index (Phi) is 3.42. The molecule has 0 aromatic carbocycles. The van der Waals surface area contributed by atoms with Crippen molar-refractivity contribution in [1.82, 2.24) is 9.97 Å². The lowest BCUT2D eigenvalue weighted by molar-refractivity contribution is -0.138. The number of alkyl halides is 3. The maximum absolute atomic E-state index is 12.7. The van der Waals surface area contributed by atoms with Crippen LogP contribution in [0.2, 0.25) is 0 Å². The summed E-state index contributed by atoms with van der Waals surface area (Å²) < 4.78 is 38.0. The molecule has 0 N–H and O–H groups in total. The SMILES string of the molecule is FC(F)(F)c1ccncc1CCc1nccs1. The Hall–Kier alpha value is -1.43. The van der Waals surface area contributed by atoms with Crippen molar-refractivity contribution in [1.29, 1.82) is 0 Å². The normalized spacial score (nSPS) is 11.7. The highest BCUT2D eigenvalue weighted by Crippen LogP contribution is 2.31. The number of nitrogens with zero attached hydrogens (tertiary/aromatic N) is 2. The number of halogens is 3. The average Bonchev–Trinajstić information content (AvgIpc) is 2.78. The largest absolute Gasteiger partial charge is 0.416 e. The lowest BCUT2D eigenvalue weighted by Gasteiger charge is -2.11. The molecule has 0 fully saturated rings. The van der Waals surface area contributed by atoms with Gasteiger partial charge in [0.15, 0.2) is 0 Å². The fourth-order valence-electron chi connectivity index (χ4n) is 1.52. The van der Waals surface area contributed by atoms with Gasteiger partial charge in [0.05, 0.1) is 10.6 Å². The van der Waals surface area contributed by atoms with E-state index < -0.39 is 11.7 Å². The minimum Gasteiger partial charge on any atom is -0.264 e. The third kappa shape index (κ3) is 3.03. The highest BCUT2D eigenvalue weighted by molar-refractivity contribution is 7.09. The molecule has 2 nitrogen and oxygen atoms in total. The summed E-state index contributed by atoms with van der Waals surface area (Å²) in [6, 6.07) is 1.01. The lowest BCUT2D eigenvalue weighted by atomic mass is 10.1. The fourth-order valence-corrected chi connectivity index (χ4v) is 2.14. The topological polar surface area (TPSA) is 25.8 Å². The van der Waals surface area contributed by atoms with Gasteiger partial charge in [-0.05, 0) is 18.1 Å². The first-order valence-electron chi connectivity index (χ1n) is 4.96. The van der Waals surface area contributed by atoms with E-state index in [2.05, 4.69) is 9.97 Å². The molecule has 0 aliphatic heterocycles. The highest BCUT2D eigenvalue weighted by Gasteiger charge is 2.32. The molecule has 0 bridgehead atoms. The van der Waals surface area contributed by atoms with Crippen molar-refractivity contribution in [2.45, 2.75) is 19.0 Å². The van der Waals surface area contributed by atoms with Crippen LogP contribution in [0.4, 0.5) is 13.2 Å². The van der Waals surface area contributed by atoms with Gasteiger partial charge in [-0.2, -0.15) is 13.2 Å². The number of hydrogen-bond acceptors (Lipinski definition) is 3. The van der Waals surface area contributed by atoms with Crippen LogP contribution in [-0.2, 0) is 19.0 Å². The summed E-state index contributed by atoms with van der Waals surface area (Å²) in [4.78, 5) is 7.78. The van der Waals surface area contributed by atoms with Crippen LogP contribution in [0.25, 0.3) is 0 Å². The molecule has 0 radical (unpaired) electrons. The molecule has 2 aromatic heterocycles. The van der Waals surface area contributed by atoms with E-state index in [-0.39, 0.29) is 5.56 Å². The molecule has 0 aliphatic carbocycles. The minimum absolute atomic E-state index is 0.218. The van der Waals surface area contributed by atoms with E-state index in [0.717, 1.165) is 17.3 Å². The second-order valence-corrected chi connectivity index (χ2v) is 4.44. The zero-order valence-electron chi connectivity index (χ0n) is 8.74. The summed E-state index contributed by atoms with van der Waals surface area (Å²) in [5.74, 6) is 0.